The summed E-state index contributed by atoms with van der Waals surface area (Å²) < 4.78 is 14.6. The molecule has 0 aliphatic rings. The molecule has 0 spiro atoms. The van der Waals surface area contributed by atoms with Gasteiger partial charge >= 0.3 is 0 Å². The number of halogens is 1. The zero-order valence-corrected chi connectivity index (χ0v) is 9.24. The lowest BCUT2D eigenvalue weighted by molar-refractivity contribution is 0.628. The maximum absolute atomic E-state index is 12.7. The van der Waals surface area contributed by atoms with E-state index in [0.717, 1.165) is 17.3 Å². The van der Waals surface area contributed by atoms with Gasteiger partial charge in [0.25, 0.3) is 0 Å². The van der Waals surface area contributed by atoms with Crippen LogP contribution in [0.1, 0.15) is 11.6 Å². The van der Waals surface area contributed by atoms with Gasteiger partial charge in [0.05, 0.1) is 6.54 Å². The first-order valence-electron chi connectivity index (χ1n) is 5.01. The minimum atomic E-state index is -0.236. The van der Waals surface area contributed by atoms with Crippen molar-refractivity contribution in [3.63, 3.8) is 0 Å². The van der Waals surface area contributed by atoms with Crippen LogP contribution in [0.3, 0.4) is 0 Å². The minimum absolute atomic E-state index is 0.236. The summed E-state index contributed by atoms with van der Waals surface area (Å²) in [5.41, 5.74) is 0.863. The van der Waals surface area contributed by atoms with Crippen LogP contribution in [0.4, 0.5) is 10.1 Å². The molecule has 1 aromatic heterocycles. The second kappa shape index (κ2) is 4.30. The third kappa shape index (κ3) is 2.18. The van der Waals surface area contributed by atoms with Gasteiger partial charge in [-0.1, -0.05) is 0 Å². The molecule has 1 aromatic carbocycles. The van der Waals surface area contributed by atoms with Gasteiger partial charge in [-0.25, -0.2) is 4.39 Å². The smallest absolute Gasteiger partial charge is 0.152 e. The molecule has 84 valence electrons. The number of hydrogen-bond acceptors (Lipinski definition) is 3. The Labute approximate surface area is 93.1 Å². The first-order chi connectivity index (χ1) is 7.66. The third-order valence-electron chi connectivity index (χ3n) is 2.48. The molecule has 0 saturated carbocycles. The highest BCUT2D eigenvalue weighted by atomic mass is 19.1. The van der Waals surface area contributed by atoms with Crippen LogP contribution in [0.25, 0.3) is 0 Å². The number of anilines is 1. The molecular formula is C11H13FN4. The Morgan fingerprint density at radius 3 is 2.50 bits per heavy atom. The quantitative estimate of drug-likeness (QED) is 0.858. The molecule has 0 atom stereocenters. The van der Waals surface area contributed by atoms with Gasteiger partial charge in [0.2, 0.25) is 0 Å². The molecule has 0 radical (unpaired) electrons. The van der Waals surface area contributed by atoms with Crippen molar-refractivity contribution < 1.29 is 4.39 Å². The molecule has 16 heavy (non-hydrogen) atoms. The van der Waals surface area contributed by atoms with Gasteiger partial charge in [-0.3, -0.25) is 0 Å². The van der Waals surface area contributed by atoms with Crippen molar-refractivity contribution in [1.82, 2.24) is 14.8 Å². The van der Waals surface area contributed by atoms with Crippen molar-refractivity contribution in [3.8, 4) is 0 Å². The largest absolute Gasteiger partial charge is 0.378 e. The predicted octanol–water partition coefficient (Wildman–Crippen LogP) is 1.87. The van der Waals surface area contributed by atoms with Crippen LogP contribution in [0.5, 0.6) is 0 Å². The molecule has 0 amide bonds. The summed E-state index contributed by atoms with van der Waals surface area (Å²) in [6, 6.07) is 6.23. The van der Waals surface area contributed by atoms with Gasteiger partial charge in [-0.05, 0) is 31.2 Å². The van der Waals surface area contributed by atoms with Gasteiger partial charge in [0.15, 0.2) is 5.82 Å². The van der Waals surface area contributed by atoms with Crippen LogP contribution in [-0.4, -0.2) is 14.8 Å². The van der Waals surface area contributed by atoms with E-state index in [0.29, 0.717) is 6.54 Å². The predicted molar refractivity (Wildman–Crippen MR) is 59.5 cm³/mol. The average molecular weight is 220 g/mol. The molecule has 0 aliphatic carbocycles. The normalized spacial score (nSPS) is 10.4. The molecule has 0 saturated heterocycles. The molecule has 2 aromatic rings. The maximum atomic E-state index is 12.7. The molecular weight excluding hydrogens is 207 g/mol. The summed E-state index contributed by atoms with van der Waals surface area (Å²) >= 11 is 0. The number of nitrogens with one attached hydrogen (secondary N) is 1. The van der Waals surface area contributed by atoms with Crippen LogP contribution in [0, 0.1) is 12.7 Å². The van der Waals surface area contributed by atoms with Crippen molar-refractivity contribution in [1.29, 1.82) is 0 Å². The second-order valence-corrected chi connectivity index (χ2v) is 3.58. The number of aryl methyl sites for hydroxylation is 1. The molecule has 1 N–H and O–H groups in total. The van der Waals surface area contributed by atoms with Crippen molar-refractivity contribution in [2.24, 2.45) is 7.05 Å². The van der Waals surface area contributed by atoms with Gasteiger partial charge in [-0.2, -0.15) is 0 Å². The number of rotatable bonds is 3. The van der Waals surface area contributed by atoms with E-state index < -0.39 is 0 Å². The van der Waals surface area contributed by atoms with Crippen molar-refractivity contribution >= 4 is 5.69 Å². The average Bonchev–Trinajstić information content (AvgIpc) is 2.60. The number of nitrogens with zero attached hydrogens (tertiary/aromatic N) is 3. The highest BCUT2D eigenvalue weighted by molar-refractivity contribution is 5.42. The van der Waals surface area contributed by atoms with Crippen LogP contribution in [-0.2, 0) is 13.6 Å². The molecule has 1 heterocycles. The highest BCUT2D eigenvalue weighted by Crippen LogP contribution is 2.09. The molecule has 5 heteroatoms. The lowest BCUT2D eigenvalue weighted by Crippen LogP contribution is -2.06. The van der Waals surface area contributed by atoms with Crippen LogP contribution in [0.2, 0.25) is 0 Å². The Bertz CT molecular complexity index is 475. The third-order valence-corrected chi connectivity index (χ3v) is 2.48. The zero-order valence-electron chi connectivity index (χ0n) is 9.24. The van der Waals surface area contributed by atoms with E-state index in [2.05, 4.69) is 15.5 Å². The van der Waals surface area contributed by atoms with Gasteiger partial charge in [0, 0.05) is 12.7 Å². The monoisotopic (exact) mass is 220 g/mol. The Morgan fingerprint density at radius 1 is 1.25 bits per heavy atom. The summed E-state index contributed by atoms with van der Waals surface area (Å²) in [7, 11) is 1.91. The number of aromatic nitrogens is 3. The Kier molecular flexibility index (Phi) is 2.85. The summed E-state index contributed by atoms with van der Waals surface area (Å²) in [6.45, 7) is 2.47. The Balaban J connectivity index is 2.02. The van der Waals surface area contributed by atoms with E-state index in [1.807, 2.05) is 18.5 Å². The standard InChI is InChI=1S/C11H13FN4/c1-8-14-15-11(16(8)2)7-13-10-5-3-9(12)4-6-10/h3-6,13H,7H2,1-2H3. The van der Waals surface area contributed by atoms with E-state index in [9.17, 15) is 4.39 Å². The molecule has 0 aliphatic heterocycles. The summed E-state index contributed by atoms with van der Waals surface area (Å²) in [5.74, 6) is 1.48. The molecule has 0 fully saturated rings. The summed E-state index contributed by atoms with van der Waals surface area (Å²) in [4.78, 5) is 0. The van der Waals surface area contributed by atoms with E-state index in [-0.39, 0.29) is 5.82 Å². The fraction of sp³-hybridized carbons (Fsp3) is 0.273. The Morgan fingerprint density at radius 2 is 1.94 bits per heavy atom. The first-order valence-corrected chi connectivity index (χ1v) is 5.01. The van der Waals surface area contributed by atoms with Crippen LogP contribution in [0.15, 0.2) is 24.3 Å². The zero-order chi connectivity index (χ0) is 11.5. The van der Waals surface area contributed by atoms with Crippen molar-refractivity contribution in [2.45, 2.75) is 13.5 Å². The summed E-state index contributed by atoms with van der Waals surface area (Å²) in [5, 5.41) is 11.1. The van der Waals surface area contributed by atoms with E-state index in [4.69, 9.17) is 0 Å². The van der Waals surface area contributed by atoms with Gasteiger partial charge in [-0.15, -0.1) is 10.2 Å². The first kappa shape index (κ1) is 10.6. The number of hydrogen-bond donors (Lipinski definition) is 1. The van der Waals surface area contributed by atoms with E-state index in [1.165, 1.54) is 12.1 Å². The summed E-state index contributed by atoms with van der Waals surface area (Å²) in [6.07, 6.45) is 0. The SMILES string of the molecule is Cc1nnc(CNc2ccc(F)cc2)n1C. The molecule has 2 rings (SSSR count). The van der Waals surface area contributed by atoms with Crippen molar-refractivity contribution in [2.75, 3.05) is 5.32 Å². The lowest BCUT2D eigenvalue weighted by Gasteiger charge is -2.05. The Hall–Kier alpha value is -1.91. The van der Waals surface area contributed by atoms with E-state index >= 15 is 0 Å². The number of benzene rings is 1. The van der Waals surface area contributed by atoms with Crippen LogP contribution >= 0.6 is 0 Å². The fourth-order valence-corrected chi connectivity index (χ4v) is 1.35. The minimum Gasteiger partial charge on any atom is -0.378 e. The van der Waals surface area contributed by atoms with Crippen molar-refractivity contribution in [3.05, 3.63) is 41.7 Å². The van der Waals surface area contributed by atoms with Gasteiger partial charge < -0.3 is 9.88 Å². The topological polar surface area (TPSA) is 42.7 Å². The van der Waals surface area contributed by atoms with Gasteiger partial charge in [0.1, 0.15) is 11.6 Å². The van der Waals surface area contributed by atoms with Crippen LogP contribution < -0.4 is 5.32 Å². The fourth-order valence-electron chi connectivity index (χ4n) is 1.35. The molecule has 4 nitrogen and oxygen atoms in total. The molecule has 0 unspecified atom stereocenters. The lowest BCUT2D eigenvalue weighted by atomic mass is 10.3. The second-order valence-electron chi connectivity index (χ2n) is 3.58. The maximum Gasteiger partial charge on any atom is 0.152 e. The molecule has 0 bridgehead atoms. The van der Waals surface area contributed by atoms with E-state index in [1.54, 1.807) is 12.1 Å². The highest BCUT2D eigenvalue weighted by Gasteiger charge is 2.03.